The smallest absolute Gasteiger partial charge is 0.274 e. The van der Waals surface area contributed by atoms with E-state index in [1.807, 2.05) is 12.1 Å². The Morgan fingerprint density at radius 3 is 2.58 bits per heavy atom. The van der Waals surface area contributed by atoms with Crippen LogP contribution in [0.25, 0.3) is 5.52 Å². The molecule has 0 saturated carbocycles. The number of fused-ring (bicyclic) bond motifs is 2. The number of amides is 2. The van der Waals surface area contributed by atoms with Crippen molar-refractivity contribution in [3.05, 3.63) is 58.3 Å². The van der Waals surface area contributed by atoms with Crippen LogP contribution in [0.2, 0.25) is 0 Å². The molecule has 2 aliphatic heterocycles. The summed E-state index contributed by atoms with van der Waals surface area (Å²) in [6.07, 6.45) is 0.958. The van der Waals surface area contributed by atoms with E-state index in [-0.39, 0.29) is 29.7 Å². The van der Waals surface area contributed by atoms with E-state index in [9.17, 15) is 14.4 Å². The molecule has 160 valence electrons. The van der Waals surface area contributed by atoms with Gasteiger partial charge in [0.05, 0.1) is 0 Å². The molecule has 2 aliphatic rings. The van der Waals surface area contributed by atoms with Gasteiger partial charge in [-0.2, -0.15) is 5.10 Å². The molecule has 4 heterocycles. The molecule has 1 unspecified atom stereocenters. The zero-order chi connectivity index (χ0) is 21.5. The van der Waals surface area contributed by atoms with Crippen molar-refractivity contribution in [3.8, 4) is 11.5 Å². The minimum atomic E-state index is -0.703. The first kappa shape index (κ1) is 19.2. The molecule has 3 aromatic rings. The predicted molar refractivity (Wildman–Crippen MR) is 109 cm³/mol. The first-order valence-corrected chi connectivity index (χ1v) is 10.1. The van der Waals surface area contributed by atoms with E-state index >= 15 is 0 Å². The van der Waals surface area contributed by atoms with Crippen molar-refractivity contribution in [2.45, 2.75) is 13.0 Å². The minimum Gasteiger partial charge on any atom is -0.485 e. The van der Waals surface area contributed by atoms with Gasteiger partial charge in [-0.3, -0.25) is 14.4 Å². The average molecular weight is 423 g/mol. The first-order valence-electron chi connectivity index (χ1n) is 10.1. The number of aromatic amines is 1. The van der Waals surface area contributed by atoms with Gasteiger partial charge in [0.1, 0.15) is 12.1 Å². The van der Waals surface area contributed by atoms with Crippen molar-refractivity contribution in [1.82, 2.24) is 24.4 Å². The third kappa shape index (κ3) is 3.49. The lowest BCUT2D eigenvalue weighted by atomic mass is 10.2. The van der Waals surface area contributed by atoms with Crippen molar-refractivity contribution in [2.75, 3.05) is 32.8 Å². The number of para-hydroxylation sites is 2. The number of ether oxygens (including phenoxy) is 2. The Labute approximate surface area is 177 Å². The third-order valence-corrected chi connectivity index (χ3v) is 5.48. The number of carbonyl (C=O) groups excluding carboxylic acids is 2. The summed E-state index contributed by atoms with van der Waals surface area (Å²) in [5.74, 6) is 0.761. The molecule has 10 heteroatoms. The first-order chi connectivity index (χ1) is 15.0. The molecular formula is C21H21N5O5. The number of hydrogen-bond donors (Lipinski definition) is 1. The van der Waals surface area contributed by atoms with E-state index in [1.54, 1.807) is 35.1 Å². The number of hydrogen-bond acceptors (Lipinski definition) is 6. The van der Waals surface area contributed by atoms with Gasteiger partial charge < -0.3 is 24.3 Å². The van der Waals surface area contributed by atoms with Crippen LogP contribution in [0.3, 0.4) is 0 Å². The molecule has 1 atom stereocenters. The molecule has 1 fully saturated rings. The fourth-order valence-corrected chi connectivity index (χ4v) is 3.86. The Morgan fingerprint density at radius 2 is 1.81 bits per heavy atom. The summed E-state index contributed by atoms with van der Waals surface area (Å²) >= 11 is 0. The fourth-order valence-electron chi connectivity index (χ4n) is 3.86. The van der Waals surface area contributed by atoms with Crippen LogP contribution in [0.5, 0.6) is 11.5 Å². The number of nitrogens with zero attached hydrogens (tertiary/aromatic N) is 4. The van der Waals surface area contributed by atoms with E-state index < -0.39 is 6.10 Å². The van der Waals surface area contributed by atoms with Gasteiger partial charge in [-0.1, -0.05) is 12.1 Å². The number of aromatic nitrogens is 3. The largest absolute Gasteiger partial charge is 0.485 e. The zero-order valence-corrected chi connectivity index (χ0v) is 16.9. The molecule has 1 saturated heterocycles. The number of piperazine rings is 1. The second-order valence-corrected chi connectivity index (χ2v) is 7.61. The molecule has 10 nitrogen and oxygen atoms in total. The lowest BCUT2D eigenvalue weighted by Gasteiger charge is -2.36. The quantitative estimate of drug-likeness (QED) is 0.641. The maximum atomic E-state index is 12.9. The molecule has 5 rings (SSSR count). The number of nitrogens with one attached hydrogen (secondary N) is 1. The Hall–Kier alpha value is -3.82. The number of benzene rings is 1. The highest BCUT2D eigenvalue weighted by molar-refractivity contribution is 5.93. The molecule has 1 aromatic carbocycles. The molecule has 1 N–H and O–H groups in total. The van der Waals surface area contributed by atoms with Crippen molar-refractivity contribution in [1.29, 1.82) is 0 Å². The van der Waals surface area contributed by atoms with Crippen LogP contribution in [-0.2, 0) is 4.79 Å². The monoisotopic (exact) mass is 423 g/mol. The second kappa shape index (κ2) is 7.46. The van der Waals surface area contributed by atoms with Crippen molar-refractivity contribution in [2.24, 2.45) is 0 Å². The second-order valence-electron chi connectivity index (χ2n) is 7.61. The van der Waals surface area contributed by atoms with Gasteiger partial charge in [-0.25, -0.2) is 4.52 Å². The standard InChI is InChI=1S/C21H21N5O5/c1-13-11-26-15(19(27)22-13)10-14(23-26)20(28)24-6-8-25(9-7-24)21(29)18-12-30-16-4-2-3-5-17(16)31-18/h2-5,10-11,18H,6-9,12H2,1H3,(H,22,27). The van der Waals surface area contributed by atoms with Crippen molar-refractivity contribution < 1.29 is 19.1 Å². The molecule has 0 aliphatic carbocycles. The lowest BCUT2D eigenvalue weighted by Crippen LogP contribution is -2.55. The Bertz CT molecular complexity index is 1220. The van der Waals surface area contributed by atoms with Crippen LogP contribution in [0, 0.1) is 6.92 Å². The number of rotatable bonds is 2. The van der Waals surface area contributed by atoms with Crippen LogP contribution in [-0.4, -0.2) is 75.1 Å². The van der Waals surface area contributed by atoms with E-state index in [0.717, 1.165) is 0 Å². The van der Waals surface area contributed by atoms with Crippen LogP contribution in [0.15, 0.2) is 41.3 Å². The molecule has 2 aromatic heterocycles. The molecule has 0 radical (unpaired) electrons. The van der Waals surface area contributed by atoms with Gasteiger partial charge in [0.25, 0.3) is 17.4 Å². The summed E-state index contributed by atoms with van der Waals surface area (Å²) in [6, 6.07) is 8.74. The average Bonchev–Trinajstić information content (AvgIpc) is 3.22. The highest BCUT2D eigenvalue weighted by Crippen LogP contribution is 2.31. The highest BCUT2D eigenvalue weighted by Gasteiger charge is 2.34. The minimum absolute atomic E-state index is 0.156. The summed E-state index contributed by atoms with van der Waals surface area (Å²) in [4.78, 5) is 43.8. The number of carbonyl (C=O) groups is 2. The van der Waals surface area contributed by atoms with Crippen LogP contribution >= 0.6 is 0 Å². The normalized spacial score (nSPS) is 18.3. The number of aryl methyl sites for hydroxylation is 1. The molecule has 2 amide bonds. The summed E-state index contributed by atoms with van der Waals surface area (Å²) in [6.45, 7) is 3.43. The van der Waals surface area contributed by atoms with Gasteiger partial charge >= 0.3 is 0 Å². The number of H-pyrrole nitrogens is 1. The van der Waals surface area contributed by atoms with Crippen molar-refractivity contribution >= 4 is 17.3 Å². The molecule has 31 heavy (non-hydrogen) atoms. The topological polar surface area (TPSA) is 109 Å². The van der Waals surface area contributed by atoms with E-state index in [0.29, 0.717) is 48.9 Å². The Morgan fingerprint density at radius 1 is 1.10 bits per heavy atom. The molecule has 0 spiro atoms. The van der Waals surface area contributed by atoms with Gasteiger partial charge in [0.15, 0.2) is 17.2 Å². The predicted octanol–water partition coefficient (Wildman–Crippen LogP) is 0.455. The van der Waals surface area contributed by atoms with E-state index in [1.165, 1.54) is 10.6 Å². The Kier molecular flexibility index (Phi) is 4.61. The summed E-state index contributed by atoms with van der Waals surface area (Å²) < 4.78 is 12.9. The van der Waals surface area contributed by atoms with Gasteiger partial charge in [-0.15, -0.1) is 0 Å². The SMILES string of the molecule is Cc1cn2nc(C(=O)N3CCN(C(=O)C4COc5ccccc5O4)CC3)cc2c(=O)[nH]1. The van der Waals surface area contributed by atoms with Crippen LogP contribution in [0.4, 0.5) is 0 Å². The van der Waals surface area contributed by atoms with E-state index in [4.69, 9.17) is 9.47 Å². The molecule has 0 bridgehead atoms. The highest BCUT2D eigenvalue weighted by atomic mass is 16.6. The summed E-state index contributed by atoms with van der Waals surface area (Å²) in [7, 11) is 0. The zero-order valence-electron chi connectivity index (χ0n) is 16.9. The van der Waals surface area contributed by atoms with Crippen molar-refractivity contribution in [3.63, 3.8) is 0 Å². The molecular weight excluding hydrogens is 402 g/mol. The van der Waals surface area contributed by atoms with E-state index in [2.05, 4.69) is 10.1 Å². The van der Waals surface area contributed by atoms with Crippen LogP contribution in [0.1, 0.15) is 16.2 Å². The van der Waals surface area contributed by atoms with Gasteiger partial charge in [-0.05, 0) is 19.1 Å². The summed E-state index contributed by atoms with van der Waals surface area (Å²) in [5, 5.41) is 4.25. The van der Waals surface area contributed by atoms with Gasteiger partial charge in [0.2, 0.25) is 6.10 Å². The maximum absolute atomic E-state index is 12.9. The van der Waals surface area contributed by atoms with Gasteiger partial charge in [0, 0.05) is 44.1 Å². The summed E-state index contributed by atoms with van der Waals surface area (Å²) in [5.41, 5.74) is 0.885. The third-order valence-electron chi connectivity index (χ3n) is 5.48. The lowest BCUT2D eigenvalue weighted by molar-refractivity contribution is -0.142. The maximum Gasteiger partial charge on any atom is 0.274 e. The Balaban J connectivity index is 1.23. The van der Waals surface area contributed by atoms with Crippen LogP contribution < -0.4 is 15.0 Å². The fraction of sp³-hybridized carbons (Fsp3) is 0.333.